The SMILES string of the molecule is CN(CC(=O)NCc1ccc(COc2ccccc2)cc1)Cc1ccccc1. The lowest BCUT2D eigenvalue weighted by Crippen LogP contribution is -2.34. The number of nitrogens with zero attached hydrogens (tertiary/aromatic N) is 1. The van der Waals surface area contributed by atoms with Gasteiger partial charge in [-0.05, 0) is 35.9 Å². The molecule has 0 fully saturated rings. The quantitative estimate of drug-likeness (QED) is 0.615. The fourth-order valence-electron chi connectivity index (χ4n) is 2.89. The average Bonchev–Trinajstić information content (AvgIpc) is 2.73. The zero-order chi connectivity index (χ0) is 19.6. The standard InChI is InChI=1S/C24H26N2O2/c1-26(17-21-8-4-2-5-9-21)18-24(27)25-16-20-12-14-22(15-13-20)19-28-23-10-6-3-7-11-23/h2-15H,16-19H2,1H3,(H,25,27). The van der Waals surface area contributed by atoms with Crippen LogP contribution in [0.2, 0.25) is 0 Å². The largest absolute Gasteiger partial charge is 0.489 e. The van der Waals surface area contributed by atoms with Crippen LogP contribution in [0.3, 0.4) is 0 Å². The van der Waals surface area contributed by atoms with Crippen LogP contribution in [0.5, 0.6) is 5.75 Å². The molecule has 0 aromatic heterocycles. The van der Waals surface area contributed by atoms with Gasteiger partial charge in [-0.1, -0.05) is 72.8 Å². The molecule has 0 atom stereocenters. The van der Waals surface area contributed by atoms with Crippen LogP contribution in [0, 0.1) is 0 Å². The number of nitrogens with one attached hydrogen (secondary N) is 1. The van der Waals surface area contributed by atoms with Crippen molar-refractivity contribution >= 4 is 5.91 Å². The van der Waals surface area contributed by atoms with E-state index < -0.39 is 0 Å². The molecule has 0 saturated heterocycles. The molecule has 28 heavy (non-hydrogen) atoms. The van der Waals surface area contributed by atoms with Crippen molar-refractivity contribution in [1.82, 2.24) is 10.2 Å². The van der Waals surface area contributed by atoms with Gasteiger partial charge in [-0.15, -0.1) is 0 Å². The van der Waals surface area contributed by atoms with E-state index in [0.717, 1.165) is 23.4 Å². The lowest BCUT2D eigenvalue weighted by molar-refractivity contribution is -0.122. The molecule has 3 aromatic rings. The fraction of sp³-hybridized carbons (Fsp3) is 0.208. The second-order valence-corrected chi connectivity index (χ2v) is 6.85. The van der Waals surface area contributed by atoms with Crippen molar-refractivity contribution in [3.8, 4) is 5.75 Å². The number of carbonyl (C=O) groups is 1. The summed E-state index contributed by atoms with van der Waals surface area (Å²) < 4.78 is 5.75. The van der Waals surface area contributed by atoms with Crippen LogP contribution in [0.15, 0.2) is 84.9 Å². The highest BCUT2D eigenvalue weighted by Gasteiger charge is 2.07. The van der Waals surface area contributed by atoms with Crippen LogP contribution >= 0.6 is 0 Å². The van der Waals surface area contributed by atoms with Gasteiger partial charge in [-0.25, -0.2) is 0 Å². The summed E-state index contributed by atoms with van der Waals surface area (Å²) in [5.74, 6) is 0.883. The lowest BCUT2D eigenvalue weighted by Gasteiger charge is -2.16. The average molecular weight is 374 g/mol. The van der Waals surface area contributed by atoms with Crippen molar-refractivity contribution in [2.75, 3.05) is 13.6 Å². The molecule has 1 amide bonds. The Morgan fingerprint density at radius 2 is 1.43 bits per heavy atom. The molecular weight excluding hydrogens is 348 g/mol. The highest BCUT2D eigenvalue weighted by atomic mass is 16.5. The van der Waals surface area contributed by atoms with Crippen molar-refractivity contribution in [3.63, 3.8) is 0 Å². The summed E-state index contributed by atoms with van der Waals surface area (Å²) >= 11 is 0. The second kappa shape index (κ2) is 10.3. The van der Waals surface area contributed by atoms with Gasteiger partial charge in [0, 0.05) is 13.1 Å². The van der Waals surface area contributed by atoms with Crippen LogP contribution in [-0.4, -0.2) is 24.4 Å². The third kappa shape index (κ3) is 6.56. The Morgan fingerprint density at radius 3 is 2.11 bits per heavy atom. The molecule has 1 N–H and O–H groups in total. The maximum Gasteiger partial charge on any atom is 0.234 e. The van der Waals surface area contributed by atoms with Gasteiger partial charge in [0.2, 0.25) is 5.91 Å². The fourth-order valence-corrected chi connectivity index (χ4v) is 2.89. The number of rotatable bonds is 9. The molecule has 0 spiro atoms. The number of hydrogen-bond donors (Lipinski definition) is 1. The normalized spacial score (nSPS) is 10.6. The van der Waals surface area contributed by atoms with Crippen LogP contribution in [0.4, 0.5) is 0 Å². The number of carbonyl (C=O) groups excluding carboxylic acids is 1. The van der Waals surface area contributed by atoms with E-state index in [9.17, 15) is 4.79 Å². The number of amides is 1. The minimum absolute atomic E-state index is 0.0231. The van der Waals surface area contributed by atoms with Crippen molar-refractivity contribution in [2.24, 2.45) is 0 Å². The molecule has 0 unspecified atom stereocenters. The predicted octanol–water partition coefficient (Wildman–Crippen LogP) is 4.01. The summed E-state index contributed by atoms with van der Waals surface area (Å²) in [6, 6.07) is 28.0. The Bertz CT molecular complexity index is 849. The van der Waals surface area contributed by atoms with E-state index in [1.54, 1.807) is 0 Å². The van der Waals surface area contributed by atoms with Gasteiger partial charge in [0.25, 0.3) is 0 Å². The third-order valence-electron chi connectivity index (χ3n) is 4.37. The molecule has 0 aliphatic heterocycles. The third-order valence-corrected chi connectivity index (χ3v) is 4.37. The first-order valence-corrected chi connectivity index (χ1v) is 9.44. The molecule has 3 rings (SSSR count). The van der Waals surface area contributed by atoms with Gasteiger partial charge >= 0.3 is 0 Å². The van der Waals surface area contributed by atoms with Crippen molar-refractivity contribution in [1.29, 1.82) is 0 Å². The number of hydrogen-bond acceptors (Lipinski definition) is 3. The Hall–Kier alpha value is -3.11. The summed E-state index contributed by atoms with van der Waals surface area (Å²) in [5, 5.41) is 2.98. The van der Waals surface area contributed by atoms with E-state index in [2.05, 4.69) is 17.4 Å². The van der Waals surface area contributed by atoms with Crippen molar-refractivity contribution in [2.45, 2.75) is 19.7 Å². The first-order chi connectivity index (χ1) is 13.7. The van der Waals surface area contributed by atoms with Crippen molar-refractivity contribution in [3.05, 3.63) is 102 Å². The second-order valence-electron chi connectivity index (χ2n) is 6.85. The first kappa shape index (κ1) is 19.6. The Balaban J connectivity index is 1.39. The molecule has 0 radical (unpaired) electrons. The Labute approximate surface area is 166 Å². The van der Waals surface area contributed by atoms with Crippen LogP contribution < -0.4 is 10.1 Å². The number of likely N-dealkylation sites (N-methyl/N-ethyl adjacent to an activating group) is 1. The zero-order valence-corrected chi connectivity index (χ0v) is 16.2. The topological polar surface area (TPSA) is 41.6 Å². The first-order valence-electron chi connectivity index (χ1n) is 9.44. The summed E-state index contributed by atoms with van der Waals surface area (Å²) in [6.07, 6.45) is 0. The minimum atomic E-state index is 0.0231. The summed E-state index contributed by atoms with van der Waals surface area (Å²) in [5.41, 5.74) is 3.37. The summed E-state index contributed by atoms with van der Waals surface area (Å²) in [7, 11) is 1.95. The number of ether oxygens (including phenoxy) is 1. The van der Waals surface area contributed by atoms with Gasteiger partial charge in [0.1, 0.15) is 12.4 Å². The molecule has 3 aromatic carbocycles. The maximum atomic E-state index is 12.2. The Morgan fingerprint density at radius 1 is 0.821 bits per heavy atom. The van der Waals surface area contributed by atoms with E-state index >= 15 is 0 Å². The molecule has 0 heterocycles. The summed E-state index contributed by atoms with van der Waals surface area (Å²) in [4.78, 5) is 14.2. The highest BCUT2D eigenvalue weighted by molar-refractivity contribution is 5.77. The monoisotopic (exact) mass is 374 g/mol. The van der Waals surface area contributed by atoms with E-state index in [1.807, 2.05) is 84.7 Å². The molecule has 0 aliphatic rings. The smallest absolute Gasteiger partial charge is 0.234 e. The molecule has 0 saturated carbocycles. The van der Waals surface area contributed by atoms with Gasteiger partial charge in [-0.2, -0.15) is 0 Å². The van der Waals surface area contributed by atoms with Crippen LogP contribution in [0.25, 0.3) is 0 Å². The van der Waals surface area contributed by atoms with Gasteiger partial charge in [0.15, 0.2) is 0 Å². The van der Waals surface area contributed by atoms with Crippen LogP contribution in [-0.2, 0) is 24.5 Å². The maximum absolute atomic E-state index is 12.2. The minimum Gasteiger partial charge on any atom is -0.489 e. The molecule has 4 nitrogen and oxygen atoms in total. The number of para-hydroxylation sites is 1. The van der Waals surface area contributed by atoms with E-state index in [0.29, 0.717) is 19.7 Å². The lowest BCUT2D eigenvalue weighted by atomic mass is 10.1. The van der Waals surface area contributed by atoms with E-state index in [4.69, 9.17) is 4.74 Å². The molecule has 4 heteroatoms. The predicted molar refractivity (Wildman–Crippen MR) is 112 cm³/mol. The van der Waals surface area contributed by atoms with Crippen molar-refractivity contribution < 1.29 is 9.53 Å². The molecule has 144 valence electrons. The van der Waals surface area contributed by atoms with E-state index in [1.165, 1.54) is 5.56 Å². The summed E-state index contributed by atoms with van der Waals surface area (Å²) in [6.45, 7) is 2.18. The van der Waals surface area contributed by atoms with Gasteiger partial charge in [0.05, 0.1) is 6.54 Å². The van der Waals surface area contributed by atoms with Gasteiger partial charge in [-0.3, -0.25) is 9.69 Å². The highest BCUT2D eigenvalue weighted by Crippen LogP contribution is 2.12. The van der Waals surface area contributed by atoms with Crippen LogP contribution in [0.1, 0.15) is 16.7 Å². The zero-order valence-electron chi connectivity index (χ0n) is 16.2. The molecule has 0 bridgehead atoms. The molecular formula is C24H26N2O2. The van der Waals surface area contributed by atoms with E-state index in [-0.39, 0.29) is 5.91 Å². The number of benzene rings is 3. The Kier molecular flexibility index (Phi) is 7.21. The molecule has 0 aliphatic carbocycles. The van der Waals surface area contributed by atoms with Gasteiger partial charge < -0.3 is 10.1 Å².